The van der Waals surface area contributed by atoms with E-state index in [4.69, 9.17) is 10.5 Å². The molecular weight excluding hydrogens is 511 g/mol. The van der Waals surface area contributed by atoms with Gasteiger partial charge in [-0.05, 0) is 84.1 Å². The van der Waals surface area contributed by atoms with Crippen LogP contribution in [0, 0.1) is 12.7 Å². The fourth-order valence-electron chi connectivity index (χ4n) is 4.11. The van der Waals surface area contributed by atoms with Crippen molar-refractivity contribution in [2.24, 2.45) is 5.73 Å². The Balaban J connectivity index is 1.55. The van der Waals surface area contributed by atoms with Crippen molar-refractivity contribution in [2.75, 3.05) is 17.2 Å². The van der Waals surface area contributed by atoms with Crippen LogP contribution in [-0.2, 0) is 11.3 Å². The van der Waals surface area contributed by atoms with E-state index in [2.05, 4.69) is 15.6 Å². The number of anilines is 2. The molecule has 2 amide bonds. The lowest BCUT2D eigenvalue weighted by atomic mass is 9.95. The number of nitrogens with one attached hydrogen (secondary N) is 2. The third-order valence-electron chi connectivity index (χ3n) is 6.19. The molecule has 0 fully saturated rings. The first kappa shape index (κ1) is 28.1. The first-order valence-corrected chi connectivity index (χ1v) is 12.7. The Kier molecular flexibility index (Phi) is 8.98. The summed E-state index contributed by atoms with van der Waals surface area (Å²) in [5, 5.41) is 5.40. The molecule has 0 aliphatic heterocycles. The number of carbonyl (C=O) groups excluding carboxylic acids is 3. The quantitative estimate of drug-likeness (QED) is 0.233. The van der Waals surface area contributed by atoms with Crippen LogP contribution in [0.2, 0.25) is 0 Å². The molecule has 0 radical (unpaired) electrons. The molecule has 9 heteroatoms. The summed E-state index contributed by atoms with van der Waals surface area (Å²) in [4.78, 5) is 41.8. The molecule has 0 spiro atoms. The van der Waals surface area contributed by atoms with E-state index in [1.807, 2.05) is 13.0 Å². The van der Waals surface area contributed by atoms with E-state index in [9.17, 15) is 18.8 Å². The number of benzene rings is 3. The van der Waals surface area contributed by atoms with Gasteiger partial charge in [-0.3, -0.25) is 14.6 Å². The highest BCUT2D eigenvalue weighted by Crippen LogP contribution is 2.27. The summed E-state index contributed by atoms with van der Waals surface area (Å²) in [7, 11) is 0. The number of hydrogen-bond acceptors (Lipinski definition) is 6. The van der Waals surface area contributed by atoms with E-state index < -0.39 is 17.7 Å². The number of ether oxygens (including phenoxy) is 1. The molecule has 1 heterocycles. The number of nitrogens with two attached hydrogens (primary N) is 1. The lowest BCUT2D eigenvalue weighted by molar-refractivity contribution is 0.0504. The first-order chi connectivity index (χ1) is 19.3. The largest absolute Gasteiger partial charge is 0.462 e. The lowest BCUT2D eigenvalue weighted by Gasteiger charge is -2.13. The number of halogens is 1. The normalized spacial score (nSPS) is 10.6. The van der Waals surface area contributed by atoms with Crippen LogP contribution in [0.25, 0.3) is 11.1 Å². The van der Waals surface area contributed by atoms with E-state index >= 15 is 0 Å². The average Bonchev–Trinajstić information content (AvgIpc) is 2.96. The van der Waals surface area contributed by atoms with E-state index in [0.717, 1.165) is 18.2 Å². The maximum absolute atomic E-state index is 14.0. The number of rotatable bonds is 9. The summed E-state index contributed by atoms with van der Waals surface area (Å²) in [6.07, 6.45) is 3.13. The molecule has 8 nitrogen and oxygen atoms in total. The molecule has 4 N–H and O–H groups in total. The molecule has 204 valence electrons. The van der Waals surface area contributed by atoms with Crippen molar-refractivity contribution in [3.05, 3.63) is 113 Å². The summed E-state index contributed by atoms with van der Waals surface area (Å²) in [5.74, 6) is -1.89. The molecule has 0 bridgehead atoms. The summed E-state index contributed by atoms with van der Waals surface area (Å²) in [5.41, 5.74) is 10.4. The number of nitrogens with zero attached hydrogens (tertiary/aromatic N) is 1. The Morgan fingerprint density at radius 3 is 2.45 bits per heavy atom. The Morgan fingerprint density at radius 2 is 1.73 bits per heavy atom. The monoisotopic (exact) mass is 540 g/mol. The van der Waals surface area contributed by atoms with E-state index in [-0.39, 0.29) is 18.1 Å². The minimum atomic E-state index is -0.644. The van der Waals surface area contributed by atoms with Gasteiger partial charge in [-0.1, -0.05) is 25.1 Å². The average molecular weight is 541 g/mol. The Labute approximate surface area is 231 Å². The van der Waals surface area contributed by atoms with Gasteiger partial charge in [0, 0.05) is 29.6 Å². The van der Waals surface area contributed by atoms with Crippen LogP contribution < -0.4 is 16.4 Å². The van der Waals surface area contributed by atoms with Crippen molar-refractivity contribution >= 4 is 29.2 Å². The number of carbonyl (C=O) groups is 3. The van der Waals surface area contributed by atoms with Gasteiger partial charge in [0.05, 0.1) is 24.1 Å². The van der Waals surface area contributed by atoms with E-state index in [1.165, 1.54) is 12.3 Å². The van der Waals surface area contributed by atoms with E-state index in [0.29, 0.717) is 45.7 Å². The van der Waals surface area contributed by atoms with Crippen molar-refractivity contribution in [3.63, 3.8) is 0 Å². The Morgan fingerprint density at radius 1 is 0.950 bits per heavy atom. The molecule has 0 saturated heterocycles. The molecular formula is C31H29FN4O4. The van der Waals surface area contributed by atoms with Crippen molar-refractivity contribution in [3.8, 4) is 11.1 Å². The maximum atomic E-state index is 14.0. The number of aromatic nitrogens is 1. The molecule has 0 unspecified atom stereocenters. The van der Waals surface area contributed by atoms with Gasteiger partial charge in [0.25, 0.3) is 11.8 Å². The summed E-state index contributed by atoms with van der Waals surface area (Å²) in [6, 6.07) is 18.3. The molecule has 4 aromatic rings. The fourth-order valence-corrected chi connectivity index (χ4v) is 4.11. The third kappa shape index (κ3) is 6.57. The molecule has 1 aromatic heterocycles. The smallest absolute Gasteiger partial charge is 0.338 e. The maximum Gasteiger partial charge on any atom is 0.338 e. The highest BCUT2D eigenvalue weighted by molar-refractivity contribution is 6.06. The van der Waals surface area contributed by atoms with Gasteiger partial charge in [0.1, 0.15) is 0 Å². The summed E-state index contributed by atoms with van der Waals surface area (Å²) in [6.45, 7) is 4.25. The van der Waals surface area contributed by atoms with Crippen molar-refractivity contribution in [1.82, 2.24) is 4.98 Å². The first-order valence-electron chi connectivity index (χ1n) is 12.7. The van der Waals surface area contributed by atoms with Gasteiger partial charge in [-0.2, -0.15) is 0 Å². The summed E-state index contributed by atoms with van der Waals surface area (Å²) >= 11 is 0. The molecule has 0 aliphatic carbocycles. The second kappa shape index (κ2) is 12.8. The number of hydrogen-bond donors (Lipinski definition) is 3. The van der Waals surface area contributed by atoms with Crippen LogP contribution in [-0.4, -0.2) is 29.4 Å². The predicted octanol–water partition coefficient (Wildman–Crippen LogP) is 5.73. The zero-order valence-electron chi connectivity index (χ0n) is 22.2. The van der Waals surface area contributed by atoms with Crippen LogP contribution in [0.15, 0.2) is 79.1 Å². The minimum absolute atomic E-state index is 0.0178. The van der Waals surface area contributed by atoms with Gasteiger partial charge in [0.15, 0.2) is 5.82 Å². The molecule has 40 heavy (non-hydrogen) atoms. The highest BCUT2D eigenvalue weighted by Gasteiger charge is 2.16. The van der Waals surface area contributed by atoms with Crippen LogP contribution in [0.1, 0.15) is 55.5 Å². The molecule has 0 atom stereocenters. The molecule has 4 rings (SSSR count). The van der Waals surface area contributed by atoms with Crippen molar-refractivity contribution in [1.29, 1.82) is 0 Å². The van der Waals surface area contributed by atoms with Crippen LogP contribution in [0.4, 0.5) is 15.8 Å². The predicted molar refractivity (Wildman–Crippen MR) is 152 cm³/mol. The Bertz CT molecular complexity index is 1570. The van der Waals surface area contributed by atoms with Gasteiger partial charge < -0.3 is 21.1 Å². The molecule has 0 saturated carbocycles. The molecule has 0 aliphatic rings. The SMILES string of the molecule is CCCOC(=O)c1ccc(NC(=O)c2cccc(-c3cc(C(=O)Nc4ccncc4F)ccc3CN)c2)cc1C. The second-order valence-electron chi connectivity index (χ2n) is 9.09. The van der Waals surface area contributed by atoms with Crippen molar-refractivity contribution in [2.45, 2.75) is 26.8 Å². The van der Waals surface area contributed by atoms with Gasteiger partial charge >= 0.3 is 5.97 Å². The van der Waals surface area contributed by atoms with Crippen molar-refractivity contribution < 1.29 is 23.5 Å². The standard InChI is InChI=1S/C31H29FN4O4/c1-3-13-40-31(39)25-10-9-24(14-19(25)2)35-29(37)21-6-4-5-20(15-21)26-16-22(7-8-23(26)17-33)30(38)36-28-11-12-34-18-27(28)32/h4-12,14-16,18H,3,13,17,33H2,1-2H3,(H,35,37)(H,34,36,38). The van der Waals surface area contributed by atoms with Gasteiger partial charge in [-0.15, -0.1) is 0 Å². The number of esters is 1. The van der Waals surface area contributed by atoms with Crippen LogP contribution >= 0.6 is 0 Å². The van der Waals surface area contributed by atoms with Gasteiger partial charge in [-0.25, -0.2) is 9.18 Å². The Hall–Kier alpha value is -4.89. The zero-order chi connectivity index (χ0) is 28.6. The van der Waals surface area contributed by atoms with E-state index in [1.54, 1.807) is 61.5 Å². The molecule has 3 aromatic carbocycles. The minimum Gasteiger partial charge on any atom is -0.462 e. The number of pyridine rings is 1. The fraction of sp³-hybridized carbons (Fsp3) is 0.161. The second-order valence-corrected chi connectivity index (χ2v) is 9.09. The summed E-state index contributed by atoms with van der Waals surface area (Å²) < 4.78 is 19.2. The number of aryl methyl sites for hydroxylation is 1. The highest BCUT2D eigenvalue weighted by atomic mass is 19.1. The van der Waals surface area contributed by atoms with Gasteiger partial charge in [0.2, 0.25) is 0 Å². The lowest BCUT2D eigenvalue weighted by Crippen LogP contribution is -2.14. The van der Waals surface area contributed by atoms with Crippen LogP contribution in [0.5, 0.6) is 0 Å². The number of amides is 2. The third-order valence-corrected chi connectivity index (χ3v) is 6.19. The topological polar surface area (TPSA) is 123 Å². The van der Waals surface area contributed by atoms with Crippen LogP contribution in [0.3, 0.4) is 0 Å². The zero-order valence-corrected chi connectivity index (χ0v) is 22.2.